The van der Waals surface area contributed by atoms with Crippen LogP contribution >= 0.6 is 11.3 Å². The first-order chi connectivity index (χ1) is 12.2. The van der Waals surface area contributed by atoms with Gasteiger partial charge in [-0.05, 0) is 42.0 Å². The standard InChI is InChI=1S/C19H23FN2O2S/c20-16-7-5-15(6-8-16)11-21-19(23)14-22(12-17-3-1-9-24-17)13-18-4-2-10-25-18/h2,4-8,10,17H,1,3,9,11-14H2,(H,21,23)/p+1/t17-/m0/s1. The van der Waals surface area contributed by atoms with Crippen molar-refractivity contribution in [2.45, 2.75) is 32.0 Å². The van der Waals surface area contributed by atoms with E-state index in [1.54, 1.807) is 23.5 Å². The average Bonchev–Trinajstić information content (AvgIpc) is 3.28. The maximum Gasteiger partial charge on any atom is 0.275 e. The van der Waals surface area contributed by atoms with Crippen molar-refractivity contribution in [1.82, 2.24) is 5.32 Å². The van der Waals surface area contributed by atoms with E-state index in [1.807, 2.05) is 6.07 Å². The molecular weight excluding hydrogens is 339 g/mol. The maximum absolute atomic E-state index is 12.9. The van der Waals surface area contributed by atoms with E-state index < -0.39 is 0 Å². The van der Waals surface area contributed by atoms with Crippen molar-refractivity contribution in [3.63, 3.8) is 0 Å². The van der Waals surface area contributed by atoms with Gasteiger partial charge in [-0.15, -0.1) is 11.3 Å². The van der Waals surface area contributed by atoms with Gasteiger partial charge in [0, 0.05) is 13.2 Å². The molecule has 1 amide bonds. The fourth-order valence-corrected chi connectivity index (χ4v) is 3.86. The Morgan fingerprint density at radius 2 is 2.16 bits per heavy atom. The zero-order chi connectivity index (χ0) is 17.5. The molecule has 25 heavy (non-hydrogen) atoms. The van der Waals surface area contributed by atoms with E-state index in [4.69, 9.17) is 4.74 Å². The molecule has 0 spiro atoms. The highest BCUT2D eigenvalue weighted by molar-refractivity contribution is 7.09. The van der Waals surface area contributed by atoms with Gasteiger partial charge in [0.05, 0.1) is 4.88 Å². The van der Waals surface area contributed by atoms with Gasteiger partial charge >= 0.3 is 0 Å². The normalized spacial score (nSPS) is 18.2. The molecule has 1 aromatic heterocycles. The molecule has 1 aliphatic heterocycles. The van der Waals surface area contributed by atoms with Gasteiger partial charge in [0.1, 0.15) is 25.0 Å². The van der Waals surface area contributed by atoms with Crippen LogP contribution in [0.4, 0.5) is 4.39 Å². The molecule has 1 fully saturated rings. The number of rotatable bonds is 8. The van der Waals surface area contributed by atoms with E-state index in [0.29, 0.717) is 13.1 Å². The molecule has 6 heteroatoms. The van der Waals surface area contributed by atoms with Crippen LogP contribution in [-0.2, 0) is 22.6 Å². The Balaban J connectivity index is 1.52. The number of quaternary nitrogens is 1. The summed E-state index contributed by atoms with van der Waals surface area (Å²) in [7, 11) is 0. The second kappa shape index (κ2) is 9.08. The summed E-state index contributed by atoms with van der Waals surface area (Å²) in [6.07, 6.45) is 2.43. The lowest BCUT2D eigenvalue weighted by molar-refractivity contribution is -0.908. The van der Waals surface area contributed by atoms with E-state index >= 15 is 0 Å². The SMILES string of the molecule is O=C(C[NH+](Cc1cccs1)C[C@@H]1CCCO1)NCc1ccc(F)cc1. The molecule has 2 aromatic rings. The number of amides is 1. The summed E-state index contributed by atoms with van der Waals surface area (Å²) in [6, 6.07) is 10.4. The highest BCUT2D eigenvalue weighted by atomic mass is 32.1. The Bertz CT molecular complexity index is 655. The molecule has 1 aliphatic rings. The molecular formula is C19H24FN2O2S+. The van der Waals surface area contributed by atoms with E-state index in [1.165, 1.54) is 21.9 Å². The molecule has 134 valence electrons. The Hall–Kier alpha value is -1.76. The van der Waals surface area contributed by atoms with Gasteiger partial charge in [0.15, 0.2) is 6.54 Å². The second-order valence-electron chi connectivity index (χ2n) is 6.43. The van der Waals surface area contributed by atoms with Crippen LogP contribution in [0.1, 0.15) is 23.3 Å². The minimum Gasteiger partial charge on any atom is -0.372 e. The number of benzene rings is 1. The van der Waals surface area contributed by atoms with Crippen molar-refractivity contribution >= 4 is 17.2 Å². The summed E-state index contributed by atoms with van der Waals surface area (Å²) in [4.78, 5) is 14.8. The molecule has 2 N–H and O–H groups in total. The summed E-state index contributed by atoms with van der Waals surface area (Å²) in [5.41, 5.74) is 0.897. The number of carbonyl (C=O) groups excluding carboxylic acids is 1. The number of hydrogen-bond donors (Lipinski definition) is 2. The van der Waals surface area contributed by atoms with Crippen molar-refractivity contribution in [2.75, 3.05) is 19.7 Å². The van der Waals surface area contributed by atoms with Gasteiger partial charge in [-0.3, -0.25) is 4.79 Å². The maximum atomic E-state index is 12.9. The lowest BCUT2D eigenvalue weighted by Crippen LogP contribution is -3.13. The first-order valence-electron chi connectivity index (χ1n) is 8.68. The van der Waals surface area contributed by atoms with Crippen molar-refractivity contribution < 1.29 is 18.8 Å². The monoisotopic (exact) mass is 363 g/mol. The van der Waals surface area contributed by atoms with Gasteiger partial charge in [-0.25, -0.2) is 4.39 Å². The molecule has 0 saturated carbocycles. The summed E-state index contributed by atoms with van der Waals surface area (Å²) in [5, 5.41) is 5.00. The van der Waals surface area contributed by atoms with Crippen molar-refractivity contribution in [3.8, 4) is 0 Å². The summed E-state index contributed by atoms with van der Waals surface area (Å²) in [6.45, 7) is 3.35. The molecule has 3 rings (SSSR count). The quantitative estimate of drug-likeness (QED) is 0.751. The van der Waals surface area contributed by atoms with Crippen LogP contribution in [0.2, 0.25) is 0 Å². The van der Waals surface area contributed by atoms with Crippen LogP contribution in [0, 0.1) is 5.82 Å². The predicted octanol–water partition coefficient (Wildman–Crippen LogP) is 1.77. The van der Waals surface area contributed by atoms with Gasteiger partial charge in [0.2, 0.25) is 0 Å². The highest BCUT2D eigenvalue weighted by Gasteiger charge is 2.24. The number of hydrogen-bond acceptors (Lipinski definition) is 3. The van der Waals surface area contributed by atoms with Gasteiger partial charge in [0.25, 0.3) is 5.91 Å². The Morgan fingerprint density at radius 3 is 2.84 bits per heavy atom. The molecule has 0 radical (unpaired) electrons. The number of halogens is 1. The van der Waals surface area contributed by atoms with Gasteiger partial charge < -0.3 is 15.0 Å². The molecule has 0 aliphatic carbocycles. The zero-order valence-corrected chi connectivity index (χ0v) is 15.0. The fraction of sp³-hybridized carbons (Fsp3) is 0.421. The number of ether oxygens (including phenoxy) is 1. The third kappa shape index (κ3) is 5.92. The fourth-order valence-electron chi connectivity index (χ4n) is 3.09. The molecule has 1 saturated heterocycles. The number of thiophene rings is 1. The van der Waals surface area contributed by atoms with Crippen LogP contribution < -0.4 is 10.2 Å². The predicted molar refractivity (Wildman–Crippen MR) is 95.9 cm³/mol. The minimum atomic E-state index is -0.266. The van der Waals surface area contributed by atoms with Crippen LogP contribution in [-0.4, -0.2) is 31.7 Å². The Morgan fingerprint density at radius 1 is 1.32 bits per heavy atom. The highest BCUT2D eigenvalue weighted by Crippen LogP contribution is 2.10. The first-order valence-corrected chi connectivity index (χ1v) is 9.56. The molecule has 0 bridgehead atoms. The van der Waals surface area contributed by atoms with E-state index in [2.05, 4.69) is 16.8 Å². The van der Waals surface area contributed by atoms with E-state index in [-0.39, 0.29) is 17.8 Å². The molecule has 1 aromatic carbocycles. The van der Waals surface area contributed by atoms with Crippen LogP contribution in [0.3, 0.4) is 0 Å². The lowest BCUT2D eigenvalue weighted by atomic mass is 10.2. The Labute approximate surface area is 151 Å². The third-order valence-corrected chi connectivity index (χ3v) is 5.23. The first kappa shape index (κ1) is 18.0. The van der Waals surface area contributed by atoms with E-state index in [9.17, 15) is 9.18 Å². The molecule has 2 atom stereocenters. The third-order valence-electron chi connectivity index (χ3n) is 4.36. The molecule has 1 unspecified atom stereocenters. The topological polar surface area (TPSA) is 42.8 Å². The van der Waals surface area contributed by atoms with E-state index in [0.717, 1.165) is 38.1 Å². The zero-order valence-electron chi connectivity index (χ0n) is 14.2. The summed E-state index contributed by atoms with van der Waals surface area (Å²) >= 11 is 1.72. The number of carbonyl (C=O) groups is 1. The summed E-state index contributed by atoms with van der Waals surface area (Å²) < 4.78 is 18.7. The Kier molecular flexibility index (Phi) is 6.55. The average molecular weight is 363 g/mol. The molecule has 4 nitrogen and oxygen atoms in total. The molecule has 2 heterocycles. The van der Waals surface area contributed by atoms with Crippen molar-refractivity contribution in [1.29, 1.82) is 0 Å². The van der Waals surface area contributed by atoms with Crippen LogP contribution in [0.15, 0.2) is 41.8 Å². The smallest absolute Gasteiger partial charge is 0.275 e. The van der Waals surface area contributed by atoms with Crippen molar-refractivity contribution in [3.05, 3.63) is 58.0 Å². The second-order valence-corrected chi connectivity index (χ2v) is 7.46. The van der Waals surface area contributed by atoms with Crippen LogP contribution in [0.5, 0.6) is 0 Å². The lowest BCUT2D eigenvalue weighted by Gasteiger charge is -2.21. The van der Waals surface area contributed by atoms with Gasteiger partial charge in [-0.1, -0.05) is 18.2 Å². The minimum absolute atomic E-state index is 0.00822. The van der Waals surface area contributed by atoms with Crippen LogP contribution in [0.25, 0.3) is 0 Å². The largest absolute Gasteiger partial charge is 0.372 e. The van der Waals surface area contributed by atoms with Gasteiger partial charge in [-0.2, -0.15) is 0 Å². The number of nitrogens with one attached hydrogen (secondary N) is 2. The summed E-state index contributed by atoms with van der Waals surface area (Å²) in [5.74, 6) is -0.257. The van der Waals surface area contributed by atoms with Crippen molar-refractivity contribution in [2.24, 2.45) is 0 Å².